The Morgan fingerprint density at radius 2 is 2.20 bits per heavy atom. The van der Waals surface area contributed by atoms with Gasteiger partial charge in [0.2, 0.25) is 0 Å². The maximum Gasteiger partial charge on any atom is 0.162 e. The molecule has 0 bridgehead atoms. The second kappa shape index (κ2) is 6.01. The lowest BCUT2D eigenvalue weighted by molar-refractivity contribution is 0.112. The number of carbonyl (C=O) groups excluding carboxylic acids is 1. The van der Waals surface area contributed by atoms with Crippen molar-refractivity contribution in [1.82, 2.24) is 4.98 Å². The second-order valence-corrected chi connectivity index (χ2v) is 5.73. The topological polar surface area (TPSA) is 42.0 Å². The van der Waals surface area contributed by atoms with Crippen LogP contribution in [0.2, 0.25) is 0 Å². The number of hydrogen-bond acceptors (Lipinski definition) is 4. The molecule has 3 nitrogen and oxygen atoms in total. The number of pyridine rings is 1. The van der Waals surface area contributed by atoms with Crippen molar-refractivity contribution < 1.29 is 4.79 Å². The van der Waals surface area contributed by atoms with E-state index in [4.69, 9.17) is 0 Å². The summed E-state index contributed by atoms with van der Waals surface area (Å²) in [5.74, 6) is 0. The summed E-state index contributed by atoms with van der Waals surface area (Å²) in [5.41, 5.74) is 2.14. The van der Waals surface area contributed by atoms with Crippen LogP contribution in [0.4, 0.5) is 5.69 Å². The van der Waals surface area contributed by atoms with Crippen LogP contribution >= 0.6 is 11.3 Å². The molecule has 0 saturated carbocycles. The third kappa shape index (κ3) is 2.65. The van der Waals surface area contributed by atoms with E-state index < -0.39 is 0 Å². The number of carbonyl (C=O) groups is 1. The molecule has 0 saturated heterocycles. The largest absolute Gasteiger partial charge is 0.380 e. The molecule has 2 aromatic heterocycles. The molecular weight excluding hydrogens is 268 g/mol. The smallest absolute Gasteiger partial charge is 0.162 e. The molecule has 0 spiro atoms. The van der Waals surface area contributed by atoms with Crippen molar-refractivity contribution >= 4 is 35.5 Å². The van der Waals surface area contributed by atoms with Gasteiger partial charge in [-0.2, -0.15) is 0 Å². The van der Waals surface area contributed by atoms with Crippen LogP contribution in [0.5, 0.6) is 0 Å². The molecule has 0 unspecified atom stereocenters. The van der Waals surface area contributed by atoms with Crippen molar-refractivity contribution in [2.75, 3.05) is 5.32 Å². The van der Waals surface area contributed by atoms with E-state index in [1.165, 1.54) is 28.5 Å². The predicted molar refractivity (Wildman–Crippen MR) is 83.3 cm³/mol. The summed E-state index contributed by atoms with van der Waals surface area (Å²) < 4.78 is 0. The van der Waals surface area contributed by atoms with Gasteiger partial charge in [-0.25, -0.2) is 0 Å². The summed E-state index contributed by atoms with van der Waals surface area (Å²) in [5, 5.41) is 7.60. The predicted octanol–water partition coefficient (Wildman–Crippen LogP) is 2.31. The first kappa shape index (κ1) is 13.1. The number of fused-ring (bicyclic) bond motifs is 1. The van der Waals surface area contributed by atoms with Gasteiger partial charge >= 0.3 is 0 Å². The maximum atomic E-state index is 10.9. The molecule has 102 valence electrons. The Hall–Kier alpha value is -1.94. The van der Waals surface area contributed by atoms with E-state index in [-0.39, 0.29) is 0 Å². The fourth-order valence-electron chi connectivity index (χ4n) is 2.44. The summed E-state index contributed by atoms with van der Waals surface area (Å²) in [6.45, 7) is 0.715. The van der Waals surface area contributed by atoms with Gasteiger partial charge in [0.05, 0.1) is 15.9 Å². The first-order valence-electron chi connectivity index (χ1n) is 6.79. The van der Waals surface area contributed by atoms with E-state index >= 15 is 0 Å². The number of thiophene rings is 1. The van der Waals surface area contributed by atoms with Gasteiger partial charge in [0.15, 0.2) is 6.29 Å². The van der Waals surface area contributed by atoms with Crippen LogP contribution in [-0.2, 0) is 6.54 Å². The molecule has 1 N–H and O–H groups in total. The Morgan fingerprint density at radius 1 is 1.30 bits per heavy atom. The van der Waals surface area contributed by atoms with Crippen LogP contribution in [0.15, 0.2) is 23.7 Å². The normalized spacial score (nSPS) is 13.6. The van der Waals surface area contributed by atoms with Crippen molar-refractivity contribution in [3.63, 3.8) is 0 Å². The molecule has 3 rings (SSSR count). The molecule has 0 atom stereocenters. The first-order chi connectivity index (χ1) is 9.88. The molecule has 4 heteroatoms. The number of rotatable bonds is 4. The van der Waals surface area contributed by atoms with Gasteiger partial charge in [-0.1, -0.05) is 12.2 Å². The molecule has 2 aromatic rings. The lowest BCUT2D eigenvalue weighted by atomic mass is 10.1. The minimum absolute atomic E-state index is 0.715. The monoisotopic (exact) mass is 284 g/mol. The molecule has 20 heavy (non-hydrogen) atoms. The molecule has 0 amide bonds. The Kier molecular flexibility index (Phi) is 3.92. The Bertz CT molecular complexity index is 733. The molecule has 0 aliphatic heterocycles. The van der Waals surface area contributed by atoms with Gasteiger partial charge in [-0.3, -0.25) is 9.78 Å². The van der Waals surface area contributed by atoms with Crippen LogP contribution < -0.4 is 15.9 Å². The fourth-order valence-corrected chi connectivity index (χ4v) is 3.11. The summed E-state index contributed by atoms with van der Waals surface area (Å²) in [6.07, 6.45) is 10.6. The zero-order valence-corrected chi connectivity index (χ0v) is 12.0. The molecule has 0 aromatic carbocycles. The van der Waals surface area contributed by atoms with Crippen molar-refractivity contribution in [2.45, 2.75) is 25.8 Å². The standard InChI is InChI=1S/C16H16N2OS/c19-11-16-15(7-9-20-16)18-10-12-6-8-17-14-5-3-1-2-4-13(12)14/h4-9,11,18H,1-3,10H2. The van der Waals surface area contributed by atoms with Gasteiger partial charge in [-0.15, -0.1) is 11.3 Å². The minimum Gasteiger partial charge on any atom is -0.380 e. The average molecular weight is 284 g/mol. The summed E-state index contributed by atoms with van der Waals surface area (Å²) >= 11 is 1.46. The SMILES string of the molecule is O=Cc1sccc1NCc1ccnc2c1=CCCCC=2. The highest BCUT2D eigenvalue weighted by Crippen LogP contribution is 2.20. The second-order valence-electron chi connectivity index (χ2n) is 4.78. The maximum absolute atomic E-state index is 10.9. The molecular formula is C16H16N2OS. The highest BCUT2D eigenvalue weighted by molar-refractivity contribution is 7.12. The number of nitrogens with one attached hydrogen (secondary N) is 1. The van der Waals surface area contributed by atoms with Crippen LogP contribution in [0.1, 0.15) is 34.5 Å². The van der Waals surface area contributed by atoms with Crippen molar-refractivity contribution in [1.29, 1.82) is 0 Å². The van der Waals surface area contributed by atoms with Crippen LogP contribution in [0, 0.1) is 0 Å². The van der Waals surface area contributed by atoms with E-state index in [1.807, 2.05) is 17.6 Å². The quantitative estimate of drug-likeness (QED) is 0.876. The van der Waals surface area contributed by atoms with Gasteiger partial charge in [-0.05, 0) is 42.3 Å². The Balaban J connectivity index is 1.89. The Morgan fingerprint density at radius 3 is 3.10 bits per heavy atom. The van der Waals surface area contributed by atoms with E-state index in [1.54, 1.807) is 0 Å². The highest BCUT2D eigenvalue weighted by atomic mass is 32.1. The zero-order valence-electron chi connectivity index (χ0n) is 11.1. The van der Waals surface area contributed by atoms with Crippen LogP contribution in [0.25, 0.3) is 12.2 Å². The van der Waals surface area contributed by atoms with Gasteiger partial charge in [0.25, 0.3) is 0 Å². The number of hydrogen-bond donors (Lipinski definition) is 1. The summed E-state index contributed by atoms with van der Waals surface area (Å²) in [6, 6.07) is 4.00. The highest BCUT2D eigenvalue weighted by Gasteiger charge is 2.04. The average Bonchev–Trinajstić information content (AvgIpc) is 2.80. The lowest BCUT2D eigenvalue weighted by Crippen LogP contribution is -2.31. The third-order valence-corrected chi connectivity index (χ3v) is 4.32. The summed E-state index contributed by atoms with van der Waals surface area (Å²) in [7, 11) is 0. The number of aromatic nitrogens is 1. The summed E-state index contributed by atoms with van der Waals surface area (Å²) in [4.78, 5) is 16.1. The van der Waals surface area contributed by atoms with Crippen molar-refractivity contribution in [3.05, 3.63) is 44.7 Å². The fraction of sp³-hybridized carbons (Fsp3) is 0.250. The minimum atomic E-state index is 0.715. The third-order valence-electron chi connectivity index (χ3n) is 3.48. The van der Waals surface area contributed by atoms with Gasteiger partial charge < -0.3 is 5.32 Å². The Labute approximate surface area is 121 Å². The lowest BCUT2D eigenvalue weighted by Gasteiger charge is -2.06. The van der Waals surface area contributed by atoms with E-state index in [9.17, 15) is 4.79 Å². The van der Waals surface area contributed by atoms with Crippen molar-refractivity contribution in [2.24, 2.45) is 0 Å². The van der Waals surface area contributed by atoms with Crippen molar-refractivity contribution in [3.8, 4) is 0 Å². The van der Waals surface area contributed by atoms with E-state index in [0.717, 1.165) is 35.0 Å². The van der Waals surface area contributed by atoms with Gasteiger partial charge in [0.1, 0.15) is 0 Å². The van der Waals surface area contributed by atoms with Crippen LogP contribution in [0.3, 0.4) is 0 Å². The van der Waals surface area contributed by atoms with Gasteiger partial charge in [0, 0.05) is 18.0 Å². The zero-order chi connectivity index (χ0) is 13.8. The molecule has 2 heterocycles. The molecule has 0 fully saturated rings. The first-order valence-corrected chi connectivity index (χ1v) is 7.67. The van der Waals surface area contributed by atoms with E-state index in [2.05, 4.69) is 28.5 Å². The molecule has 1 aliphatic rings. The molecule has 1 aliphatic carbocycles. The van der Waals surface area contributed by atoms with Crippen LogP contribution in [-0.4, -0.2) is 11.3 Å². The van der Waals surface area contributed by atoms with E-state index in [0.29, 0.717) is 6.54 Å². The number of anilines is 1. The number of aldehydes is 1. The molecule has 0 radical (unpaired) electrons. The number of nitrogens with zero attached hydrogens (tertiary/aromatic N) is 1.